The Bertz CT molecular complexity index is 346. The van der Waals surface area contributed by atoms with Crippen LogP contribution in [0.5, 0.6) is 0 Å². The van der Waals surface area contributed by atoms with Gasteiger partial charge in [-0.15, -0.1) is 0 Å². The first-order valence-corrected chi connectivity index (χ1v) is 5.70. The fraction of sp³-hybridized carbons (Fsp3) is 0.400. The maximum atomic E-state index is 9.17. The van der Waals surface area contributed by atoms with Gasteiger partial charge in [-0.05, 0) is 40.5 Å². The van der Waals surface area contributed by atoms with Crippen molar-refractivity contribution in [2.75, 3.05) is 18.5 Å². The van der Waals surface area contributed by atoms with Gasteiger partial charge >= 0.3 is 0 Å². The Kier molecular flexibility index (Phi) is 4.86. The molecule has 0 radical (unpaired) electrons. The number of aliphatic hydroxyl groups excluding tert-OH is 2. The van der Waals surface area contributed by atoms with Gasteiger partial charge in [0.25, 0.3) is 0 Å². The summed E-state index contributed by atoms with van der Waals surface area (Å²) in [7, 11) is 0. The molecule has 3 N–H and O–H groups in total. The van der Waals surface area contributed by atoms with Crippen molar-refractivity contribution in [1.82, 2.24) is 0 Å². The average Bonchev–Trinajstić information content (AvgIpc) is 2.21. The topological polar surface area (TPSA) is 52.5 Å². The highest BCUT2D eigenvalue weighted by molar-refractivity contribution is 9.10. The van der Waals surface area contributed by atoms with E-state index in [9.17, 15) is 5.11 Å². The van der Waals surface area contributed by atoms with Crippen molar-refractivity contribution < 1.29 is 10.2 Å². The van der Waals surface area contributed by atoms with E-state index in [2.05, 4.69) is 21.2 Å². The number of rotatable bonds is 4. The number of nitrogens with one attached hydrogen (secondary N) is 1. The lowest BCUT2D eigenvalue weighted by molar-refractivity contribution is 0.105. The van der Waals surface area contributed by atoms with Crippen molar-refractivity contribution in [3.63, 3.8) is 0 Å². The van der Waals surface area contributed by atoms with Crippen molar-refractivity contribution in [1.29, 1.82) is 0 Å². The molecular formula is C10H13BrClNO2. The predicted molar refractivity (Wildman–Crippen MR) is 65.5 cm³/mol. The molecule has 0 heterocycles. The second-order valence-corrected chi connectivity index (χ2v) is 4.56. The van der Waals surface area contributed by atoms with Crippen molar-refractivity contribution in [2.45, 2.75) is 13.0 Å². The van der Waals surface area contributed by atoms with Crippen LogP contribution in [0.1, 0.15) is 5.56 Å². The van der Waals surface area contributed by atoms with E-state index < -0.39 is 6.10 Å². The van der Waals surface area contributed by atoms with Crippen molar-refractivity contribution >= 4 is 33.2 Å². The minimum Gasteiger partial charge on any atom is -0.394 e. The van der Waals surface area contributed by atoms with E-state index in [0.29, 0.717) is 5.02 Å². The van der Waals surface area contributed by atoms with Crippen LogP contribution in [0.2, 0.25) is 5.02 Å². The zero-order valence-electron chi connectivity index (χ0n) is 8.30. The summed E-state index contributed by atoms with van der Waals surface area (Å²) in [5, 5.41) is 21.5. The van der Waals surface area contributed by atoms with Crippen LogP contribution >= 0.6 is 27.5 Å². The summed E-state index contributed by atoms with van der Waals surface area (Å²) in [5.74, 6) is 0. The van der Waals surface area contributed by atoms with Crippen molar-refractivity contribution in [2.24, 2.45) is 0 Å². The van der Waals surface area contributed by atoms with Crippen molar-refractivity contribution in [3.05, 3.63) is 27.2 Å². The van der Waals surface area contributed by atoms with E-state index in [4.69, 9.17) is 16.7 Å². The van der Waals surface area contributed by atoms with Gasteiger partial charge in [-0.25, -0.2) is 0 Å². The Morgan fingerprint density at radius 3 is 2.80 bits per heavy atom. The van der Waals surface area contributed by atoms with Gasteiger partial charge < -0.3 is 15.5 Å². The third-order valence-corrected chi connectivity index (χ3v) is 3.05. The Morgan fingerprint density at radius 2 is 2.20 bits per heavy atom. The van der Waals surface area contributed by atoms with Gasteiger partial charge in [0.05, 0.1) is 18.4 Å². The Hall–Kier alpha value is -0.290. The summed E-state index contributed by atoms with van der Waals surface area (Å²) >= 11 is 9.35. The molecule has 0 aliphatic carbocycles. The van der Waals surface area contributed by atoms with E-state index in [1.54, 1.807) is 6.07 Å². The standard InChI is InChI=1S/C10H13BrClNO2/c1-6-2-8(11)10(3-9(6)12)13-4-7(15)5-14/h2-3,7,13-15H,4-5H2,1H3. The zero-order valence-corrected chi connectivity index (χ0v) is 10.6. The number of aryl methyl sites for hydroxylation is 1. The summed E-state index contributed by atoms with van der Waals surface area (Å²) in [4.78, 5) is 0. The minimum absolute atomic E-state index is 0.260. The van der Waals surface area contributed by atoms with Crippen LogP contribution in [0, 0.1) is 6.92 Å². The van der Waals surface area contributed by atoms with Crippen LogP contribution in [0.4, 0.5) is 5.69 Å². The van der Waals surface area contributed by atoms with Crippen LogP contribution in [0.25, 0.3) is 0 Å². The third-order valence-electron chi connectivity index (χ3n) is 1.99. The molecular weight excluding hydrogens is 281 g/mol. The number of halogens is 2. The fourth-order valence-electron chi connectivity index (χ4n) is 1.07. The summed E-state index contributed by atoms with van der Waals surface area (Å²) in [5.41, 5.74) is 1.79. The van der Waals surface area contributed by atoms with Gasteiger partial charge in [-0.3, -0.25) is 0 Å². The van der Waals surface area contributed by atoms with Crippen LogP contribution in [-0.4, -0.2) is 29.5 Å². The maximum absolute atomic E-state index is 9.17. The van der Waals surface area contributed by atoms with E-state index in [1.165, 1.54) is 0 Å². The highest BCUT2D eigenvalue weighted by Gasteiger charge is 2.06. The molecule has 0 bridgehead atoms. The number of aliphatic hydroxyl groups is 2. The molecule has 0 saturated carbocycles. The van der Waals surface area contributed by atoms with Gasteiger partial charge in [0.1, 0.15) is 0 Å². The van der Waals surface area contributed by atoms with Gasteiger partial charge in [0, 0.05) is 16.0 Å². The molecule has 0 aliphatic rings. The average molecular weight is 295 g/mol. The largest absolute Gasteiger partial charge is 0.394 e. The molecule has 5 heteroatoms. The lowest BCUT2D eigenvalue weighted by Gasteiger charge is -2.12. The lowest BCUT2D eigenvalue weighted by Crippen LogP contribution is -2.23. The van der Waals surface area contributed by atoms with Crippen LogP contribution in [-0.2, 0) is 0 Å². The third kappa shape index (κ3) is 3.65. The number of benzene rings is 1. The summed E-state index contributed by atoms with van der Waals surface area (Å²) in [6.07, 6.45) is -0.767. The van der Waals surface area contributed by atoms with Gasteiger partial charge in [-0.2, -0.15) is 0 Å². The molecule has 15 heavy (non-hydrogen) atoms. The molecule has 0 saturated heterocycles. The highest BCUT2D eigenvalue weighted by atomic mass is 79.9. The smallest absolute Gasteiger partial charge is 0.0942 e. The molecule has 3 nitrogen and oxygen atoms in total. The molecule has 0 aliphatic heterocycles. The maximum Gasteiger partial charge on any atom is 0.0942 e. The van der Waals surface area contributed by atoms with E-state index in [-0.39, 0.29) is 13.2 Å². The van der Waals surface area contributed by atoms with Crippen LogP contribution < -0.4 is 5.32 Å². The molecule has 1 aromatic rings. The molecule has 0 fully saturated rings. The van der Waals surface area contributed by atoms with Crippen LogP contribution in [0.3, 0.4) is 0 Å². The van der Waals surface area contributed by atoms with Gasteiger partial charge in [0.15, 0.2) is 0 Å². The van der Waals surface area contributed by atoms with Gasteiger partial charge in [-0.1, -0.05) is 11.6 Å². The molecule has 0 spiro atoms. The van der Waals surface area contributed by atoms with Crippen molar-refractivity contribution in [3.8, 4) is 0 Å². The second kappa shape index (κ2) is 5.70. The molecule has 1 atom stereocenters. The van der Waals surface area contributed by atoms with Crippen LogP contribution in [0.15, 0.2) is 16.6 Å². The zero-order chi connectivity index (χ0) is 11.4. The molecule has 0 amide bonds. The predicted octanol–water partition coefficient (Wildman–Crippen LogP) is 2.18. The molecule has 84 valence electrons. The Morgan fingerprint density at radius 1 is 1.53 bits per heavy atom. The number of hydrogen-bond acceptors (Lipinski definition) is 3. The number of anilines is 1. The monoisotopic (exact) mass is 293 g/mol. The summed E-state index contributed by atoms with van der Waals surface area (Å²) in [6.45, 7) is 1.94. The Balaban J connectivity index is 2.73. The quantitative estimate of drug-likeness (QED) is 0.798. The molecule has 1 rings (SSSR count). The SMILES string of the molecule is Cc1cc(Br)c(NCC(O)CO)cc1Cl. The molecule has 0 aromatic heterocycles. The van der Waals surface area contributed by atoms with Gasteiger partial charge in [0.2, 0.25) is 0 Å². The summed E-state index contributed by atoms with van der Waals surface area (Å²) in [6, 6.07) is 3.68. The number of hydrogen-bond donors (Lipinski definition) is 3. The second-order valence-electron chi connectivity index (χ2n) is 3.30. The molecule has 1 unspecified atom stereocenters. The Labute approximate surface area is 102 Å². The lowest BCUT2D eigenvalue weighted by atomic mass is 10.2. The fourth-order valence-corrected chi connectivity index (χ4v) is 1.84. The first kappa shape index (κ1) is 12.8. The van der Waals surface area contributed by atoms with E-state index >= 15 is 0 Å². The normalized spacial score (nSPS) is 12.6. The first-order chi connectivity index (χ1) is 7.04. The highest BCUT2D eigenvalue weighted by Crippen LogP contribution is 2.28. The van der Waals surface area contributed by atoms with E-state index in [1.807, 2.05) is 13.0 Å². The minimum atomic E-state index is -0.767. The molecule has 1 aromatic carbocycles. The summed E-state index contributed by atoms with van der Waals surface area (Å²) < 4.78 is 0.884. The van der Waals surface area contributed by atoms with E-state index in [0.717, 1.165) is 15.7 Å². The first-order valence-electron chi connectivity index (χ1n) is 4.53.